The summed E-state index contributed by atoms with van der Waals surface area (Å²) in [4.78, 5) is 28.8. The molecule has 0 spiro atoms. The van der Waals surface area contributed by atoms with E-state index in [0.29, 0.717) is 21.6 Å². The minimum absolute atomic E-state index is 0.154. The molecule has 0 fully saturated rings. The van der Waals surface area contributed by atoms with Gasteiger partial charge in [-0.2, -0.15) is 0 Å². The summed E-state index contributed by atoms with van der Waals surface area (Å²) in [6, 6.07) is 9.55. The molecule has 3 aromatic heterocycles. The lowest BCUT2D eigenvalue weighted by atomic mass is 10.2. The van der Waals surface area contributed by atoms with Crippen LogP contribution >= 0.6 is 11.3 Å². The summed E-state index contributed by atoms with van der Waals surface area (Å²) in [5.74, 6) is 0.549. The van der Waals surface area contributed by atoms with Gasteiger partial charge < -0.3 is 4.98 Å². The molecule has 1 N–H and O–H groups in total. The van der Waals surface area contributed by atoms with Gasteiger partial charge in [0.05, 0.1) is 0 Å². The maximum Gasteiger partial charge on any atom is 0.269 e. The van der Waals surface area contributed by atoms with Crippen molar-refractivity contribution in [3.05, 3.63) is 53.1 Å². The number of rotatable bonds is 1. The van der Waals surface area contributed by atoms with Crippen LogP contribution in [0.3, 0.4) is 0 Å². The first kappa shape index (κ1) is 14.3. The second-order valence-corrected chi connectivity index (χ2v) is 5.27. The summed E-state index contributed by atoms with van der Waals surface area (Å²) in [5.41, 5.74) is 2.00. The Morgan fingerprint density at radius 2 is 1.73 bits per heavy atom. The SMILES string of the molecule is CC.O=c1[nH]c(-c2ccccc2)nc2c1sc1nccnc12. The van der Waals surface area contributed by atoms with Crippen molar-refractivity contribution in [1.29, 1.82) is 0 Å². The molecular formula is C16H14N4OS. The Hall–Kier alpha value is -2.60. The fraction of sp³-hybridized carbons (Fsp3) is 0.125. The molecule has 6 heteroatoms. The second kappa shape index (κ2) is 6.03. The molecule has 5 nitrogen and oxygen atoms in total. The summed E-state index contributed by atoms with van der Waals surface area (Å²) >= 11 is 1.31. The van der Waals surface area contributed by atoms with Gasteiger partial charge in [-0.15, -0.1) is 11.3 Å². The van der Waals surface area contributed by atoms with Crippen LogP contribution in [0.4, 0.5) is 0 Å². The van der Waals surface area contributed by atoms with Crippen LogP contribution in [0.2, 0.25) is 0 Å². The van der Waals surface area contributed by atoms with Crippen LogP contribution in [-0.4, -0.2) is 19.9 Å². The predicted molar refractivity (Wildman–Crippen MR) is 90.1 cm³/mol. The van der Waals surface area contributed by atoms with Gasteiger partial charge in [0.2, 0.25) is 0 Å². The molecule has 0 saturated carbocycles. The fourth-order valence-corrected chi connectivity index (χ4v) is 3.05. The van der Waals surface area contributed by atoms with Crippen molar-refractivity contribution in [3.63, 3.8) is 0 Å². The van der Waals surface area contributed by atoms with Gasteiger partial charge in [-0.25, -0.2) is 15.0 Å². The zero-order valence-corrected chi connectivity index (χ0v) is 13.0. The van der Waals surface area contributed by atoms with Gasteiger partial charge in [0.15, 0.2) is 0 Å². The Morgan fingerprint density at radius 1 is 1.00 bits per heavy atom. The molecule has 110 valence electrons. The van der Waals surface area contributed by atoms with Gasteiger partial charge in [-0.3, -0.25) is 4.79 Å². The average molecular weight is 310 g/mol. The van der Waals surface area contributed by atoms with E-state index in [-0.39, 0.29) is 5.56 Å². The Bertz CT molecular complexity index is 976. The van der Waals surface area contributed by atoms with Crippen molar-refractivity contribution in [3.8, 4) is 11.4 Å². The largest absolute Gasteiger partial charge is 0.305 e. The zero-order valence-electron chi connectivity index (χ0n) is 12.2. The molecule has 0 aliphatic heterocycles. The van der Waals surface area contributed by atoms with Crippen molar-refractivity contribution in [2.75, 3.05) is 0 Å². The molecule has 0 unspecified atom stereocenters. The first-order valence-corrected chi connectivity index (χ1v) is 7.83. The molecule has 0 atom stereocenters. The van der Waals surface area contributed by atoms with Gasteiger partial charge in [-0.05, 0) is 0 Å². The summed E-state index contributed by atoms with van der Waals surface area (Å²) in [6.07, 6.45) is 3.23. The number of H-pyrrole nitrogens is 1. The maximum absolute atomic E-state index is 12.2. The first-order valence-electron chi connectivity index (χ1n) is 7.02. The first-order chi connectivity index (χ1) is 10.8. The highest BCUT2D eigenvalue weighted by molar-refractivity contribution is 7.25. The van der Waals surface area contributed by atoms with Gasteiger partial charge in [0, 0.05) is 18.0 Å². The van der Waals surface area contributed by atoms with E-state index in [1.165, 1.54) is 11.3 Å². The summed E-state index contributed by atoms with van der Waals surface area (Å²) in [7, 11) is 0. The number of thiophene rings is 1. The molecular weight excluding hydrogens is 296 g/mol. The summed E-state index contributed by atoms with van der Waals surface area (Å²) in [6.45, 7) is 4.00. The number of benzene rings is 1. The number of hydrogen-bond acceptors (Lipinski definition) is 5. The van der Waals surface area contributed by atoms with Crippen LogP contribution in [0.25, 0.3) is 32.0 Å². The van der Waals surface area contributed by atoms with E-state index < -0.39 is 0 Å². The van der Waals surface area contributed by atoms with Crippen molar-refractivity contribution >= 4 is 31.9 Å². The lowest BCUT2D eigenvalue weighted by Gasteiger charge is -2.00. The Morgan fingerprint density at radius 3 is 2.50 bits per heavy atom. The number of nitrogens with one attached hydrogen (secondary N) is 1. The average Bonchev–Trinajstić information content (AvgIpc) is 2.97. The lowest BCUT2D eigenvalue weighted by Crippen LogP contribution is -2.07. The smallest absolute Gasteiger partial charge is 0.269 e. The van der Waals surface area contributed by atoms with E-state index in [0.717, 1.165) is 10.4 Å². The third-order valence-electron chi connectivity index (χ3n) is 3.01. The Balaban J connectivity index is 0.000000693. The number of hydrogen-bond donors (Lipinski definition) is 1. The molecule has 0 aliphatic rings. The van der Waals surface area contributed by atoms with Crippen LogP contribution in [0, 0.1) is 0 Å². The molecule has 4 aromatic rings. The molecule has 0 amide bonds. The molecule has 1 aromatic carbocycles. The summed E-state index contributed by atoms with van der Waals surface area (Å²) in [5, 5.41) is 0. The second-order valence-electron chi connectivity index (χ2n) is 4.27. The highest BCUT2D eigenvalue weighted by Gasteiger charge is 2.13. The van der Waals surface area contributed by atoms with Crippen LogP contribution in [-0.2, 0) is 0 Å². The third kappa shape index (κ3) is 2.37. The van der Waals surface area contributed by atoms with Crippen molar-refractivity contribution in [1.82, 2.24) is 19.9 Å². The van der Waals surface area contributed by atoms with Gasteiger partial charge in [0.1, 0.15) is 26.4 Å². The Labute approximate surface area is 130 Å². The van der Waals surface area contributed by atoms with Crippen LogP contribution < -0.4 is 5.56 Å². The number of nitrogens with zero attached hydrogens (tertiary/aromatic N) is 3. The van der Waals surface area contributed by atoms with E-state index in [1.807, 2.05) is 44.2 Å². The quantitative estimate of drug-likeness (QED) is 0.583. The highest BCUT2D eigenvalue weighted by atomic mass is 32.1. The lowest BCUT2D eigenvalue weighted by molar-refractivity contribution is 1.19. The van der Waals surface area contributed by atoms with Crippen molar-refractivity contribution in [2.24, 2.45) is 0 Å². The maximum atomic E-state index is 12.2. The van der Waals surface area contributed by atoms with E-state index in [9.17, 15) is 4.79 Å². The molecule has 22 heavy (non-hydrogen) atoms. The molecule has 0 saturated heterocycles. The van der Waals surface area contributed by atoms with E-state index >= 15 is 0 Å². The zero-order chi connectivity index (χ0) is 15.5. The predicted octanol–water partition coefficient (Wildman–Crippen LogP) is 3.62. The Kier molecular flexibility index (Phi) is 3.93. The standard InChI is InChI=1S/C14H8N4OS.C2H6/c19-13-11-9(10-14(20-11)16-7-6-15-10)17-12(18-13)8-4-2-1-3-5-8;1-2/h1-7H,(H,17,18,19);1-2H3. The van der Waals surface area contributed by atoms with Crippen LogP contribution in [0.1, 0.15) is 13.8 Å². The summed E-state index contributed by atoms with van der Waals surface area (Å²) < 4.78 is 0.561. The molecule has 0 aliphatic carbocycles. The molecule has 0 bridgehead atoms. The molecule has 0 radical (unpaired) electrons. The van der Waals surface area contributed by atoms with E-state index in [1.54, 1.807) is 12.4 Å². The third-order valence-corrected chi connectivity index (χ3v) is 4.09. The van der Waals surface area contributed by atoms with E-state index in [4.69, 9.17) is 0 Å². The monoisotopic (exact) mass is 310 g/mol. The fourth-order valence-electron chi connectivity index (χ4n) is 2.11. The van der Waals surface area contributed by atoms with Gasteiger partial charge in [-0.1, -0.05) is 44.2 Å². The number of aromatic amines is 1. The number of fused-ring (bicyclic) bond motifs is 3. The highest BCUT2D eigenvalue weighted by Crippen LogP contribution is 2.27. The minimum Gasteiger partial charge on any atom is -0.305 e. The van der Waals surface area contributed by atoms with E-state index in [2.05, 4.69) is 19.9 Å². The van der Waals surface area contributed by atoms with Gasteiger partial charge in [0.25, 0.3) is 5.56 Å². The molecule has 3 heterocycles. The molecule has 4 rings (SSSR count). The van der Waals surface area contributed by atoms with Crippen LogP contribution in [0.5, 0.6) is 0 Å². The van der Waals surface area contributed by atoms with Crippen molar-refractivity contribution in [2.45, 2.75) is 13.8 Å². The van der Waals surface area contributed by atoms with Gasteiger partial charge >= 0.3 is 0 Å². The normalized spacial score (nSPS) is 10.5. The van der Waals surface area contributed by atoms with Crippen molar-refractivity contribution < 1.29 is 0 Å². The van der Waals surface area contributed by atoms with Crippen LogP contribution in [0.15, 0.2) is 47.5 Å². The topological polar surface area (TPSA) is 71.5 Å². The number of aromatic nitrogens is 4. The minimum atomic E-state index is -0.154.